The second kappa shape index (κ2) is 9.45. The van der Waals surface area contributed by atoms with Gasteiger partial charge in [-0.05, 0) is 36.6 Å². The summed E-state index contributed by atoms with van der Waals surface area (Å²) in [6, 6.07) is 13.0. The van der Waals surface area contributed by atoms with Gasteiger partial charge < -0.3 is 10.4 Å². The smallest absolute Gasteiger partial charge is 0.238 e. The van der Waals surface area contributed by atoms with Crippen LogP contribution >= 0.6 is 0 Å². The van der Waals surface area contributed by atoms with Crippen LogP contribution < -0.4 is 10.5 Å². The number of aromatic nitrogens is 3. The molecule has 1 aromatic heterocycles. The summed E-state index contributed by atoms with van der Waals surface area (Å²) in [7, 11) is -4.02. The molecule has 32 heavy (non-hydrogen) atoms. The molecule has 0 unspecified atom stereocenters. The summed E-state index contributed by atoms with van der Waals surface area (Å²) in [5.41, 5.74) is 1.06. The monoisotopic (exact) mass is 459 g/mol. The normalized spacial score (nSPS) is 19.2. The second-order valence-corrected chi connectivity index (χ2v) is 9.58. The van der Waals surface area contributed by atoms with Crippen LogP contribution in [0.1, 0.15) is 42.9 Å². The number of sulfonamides is 1. The van der Waals surface area contributed by atoms with Crippen LogP contribution in [0, 0.1) is 5.82 Å². The Hall–Kier alpha value is -2.66. The van der Waals surface area contributed by atoms with Gasteiger partial charge in [0.15, 0.2) is 5.82 Å². The summed E-state index contributed by atoms with van der Waals surface area (Å²) in [4.78, 5) is 4.29. The van der Waals surface area contributed by atoms with Crippen molar-refractivity contribution in [1.82, 2.24) is 20.1 Å². The number of hydrogen-bond donors (Lipinski definition) is 3. The Bertz CT molecular complexity index is 1180. The average Bonchev–Trinajstić information content (AvgIpc) is 3.15. The summed E-state index contributed by atoms with van der Waals surface area (Å²) in [5.74, 6) is 0.209. The van der Waals surface area contributed by atoms with Crippen molar-refractivity contribution < 1.29 is 17.9 Å². The third-order valence-corrected chi connectivity index (χ3v) is 6.56. The minimum atomic E-state index is -4.02. The molecule has 4 rings (SSSR count). The number of nitrogens with one attached hydrogen (secondary N) is 1. The van der Waals surface area contributed by atoms with Crippen molar-refractivity contribution >= 4 is 10.0 Å². The molecular weight excluding hydrogens is 433 g/mol. The number of nitrogens with zero attached hydrogens (tertiary/aromatic N) is 3. The highest BCUT2D eigenvalue weighted by Crippen LogP contribution is 2.21. The first-order valence-electron chi connectivity index (χ1n) is 10.5. The van der Waals surface area contributed by atoms with Gasteiger partial charge in [-0.25, -0.2) is 27.6 Å². The van der Waals surface area contributed by atoms with Crippen molar-refractivity contribution in [2.75, 3.05) is 0 Å². The molecule has 1 saturated carbocycles. The van der Waals surface area contributed by atoms with E-state index in [-0.39, 0.29) is 16.6 Å². The van der Waals surface area contributed by atoms with Crippen molar-refractivity contribution in [3.63, 3.8) is 0 Å². The molecular formula is C22H26FN5O3S. The minimum absolute atomic E-state index is 0.0287. The Morgan fingerprint density at radius 2 is 1.91 bits per heavy atom. The van der Waals surface area contributed by atoms with Gasteiger partial charge in [-0.15, -0.1) is 5.10 Å². The highest BCUT2D eigenvalue weighted by molar-refractivity contribution is 7.89. The van der Waals surface area contributed by atoms with Crippen LogP contribution in [0.4, 0.5) is 4.39 Å². The van der Waals surface area contributed by atoms with Crippen LogP contribution in [0.3, 0.4) is 0 Å². The zero-order chi connectivity index (χ0) is 22.7. The summed E-state index contributed by atoms with van der Waals surface area (Å²) in [6.45, 7) is 0.327. The summed E-state index contributed by atoms with van der Waals surface area (Å²) < 4.78 is 39.4. The van der Waals surface area contributed by atoms with E-state index >= 15 is 0 Å². The number of nitrogens with two attached hydrogens (primary N) is 1. The third-order valence-electron chi connectivity index (χ3n) is 5.65. The standard InChI is InChI=1S/C22H26FN5O3S/c23-17-13-16(32(24,30)31)10-11-19(17)28-22(12-15-6-2-1-3-7-15)26-21(27-28)14-25-18-8-4-5-9-20(18)29/h1-3,6-7,10-11,13,18,20,25,29H,4-5,8-9,12,14H2,(H2,24,30,31)/t18-,20+/m0/s1. The Balaban J connectivity index is 1.65. The zero-order valence-corrected chi connectivity index (χ0v) is 18.3. The molecule has 2 aromatic carbocycles. The van der Waals surface area contributed by atoms with Crippen LogP contribution in [-0.4, -0.2) is 40.4 Å². The molecule has 0 bridgehead atoms. The SMILES string of the molecule is NS(=O)(=O)c1ccc(-n2nc(CN[C@H]3CCCC[C@H]3O)nc2Cc2ccccc2)c(F)c1. The van der Waals surface area contributed by atoms with E-state index in [1.807, 2.05) is 30.3 Å². The number of benzene rings is 2. The van der Waals surface area contributed by atoms with E-state index < -0.39 is 21.9 Å². The first kappa shape index (κ1) is 22.5. The fourth-order valence-corrected chi connectivity index (χ4v) is 4.49. The van der Waals surface area contributed by atoms with Gasteiger partial charge in [0.05, 0.1) is 17.5 Å². The van der Waals surface area contributed by atoms with Crippen molar-refractivity contribution in [2.24, 2.45) is 5.14 Å². The molecule has 10 heteroatoms. The van der Waals surface area contributed by atoms with Crippen molar-refractivity contribution in [3.05, 3.63) is 71.6 Å². The van der Waals surface area contributed by atoms with Crippen LogP contribution in [0.5, 0.6) is 0 Å². The molecule has 0 amide bonds. The Labute approximate surface area is 186 Å². The fraction of sp³-hybridized carbons (Fsp3) is 0.364. The van der Waals surface area contributed by atoms with Gasteiger partial charge in [0.25, 0.3) is 0 Å². The maximum atomic E-state index is 14.9. The van der Waals surface area contributed by atoms with Crippen LogP contribution in [-0.2, 0) is 23.0 Å². The van der Waals surface area contributed by atoms with E-state index in [0.717, 1.165) is 37.3 Å². The largest absolute Gasteiger partial charge is 0.392 e. The molecule has 3 aromatic rings. The number of aliphatic hydroxyl groups is 1. The molecule has 2 atom stereocenters. The summed E-state index contributed by atoms with van der Waals surface area (Å²) in [6.07, 6.45) is 3.72. The number of rotatable bonds is 7. The Kier molecular flexibility index (Phi) is 6.66. The topological polar surface area (TPSA) is 123 Å². The molecule has 170 valence electrons. The van der Waals surface area contributed by atoms with Gasteiger partial charge in [0, 0.05) is 12.5 Å². The van der Waals surface area contributed by atoms with Gasteiger partial charge >= 0.3 is 0 Å². The molecule has 1 fully saturated rings. The van der Waals surface area contributed by atoms with E-state index in [9.17, 15) is 17.9 Å². The van der Waals surface area contributed by atoms with Crippen LogP contribution in [0.25, 0.3) is 5.69 Å². The number of hydrogen-bond acceptors (Lipinski definition) is 6. The molecule has 4 N–H and O–H groups in total. The van der Waals surface area contributed by atoms with Crippen molar-refractivity contribution in [2.45, 2.75) is 55.7 Å². The summed E-state index contributed by atoms with van der Waals surface area (Å²) >= 11 is 0. The maximum absolute atomic E-state index is 14.9. The van der Waals surface area contributed by atoms with E-state index in [2.05, 4.69) is 15.4 Å². The van der Waals surface area contributed by atoms with Gasteiger partial charge in [-0.1, -0.05) is 43.2 Å². The fourth-order valence-electron chi connectivity index (χ4n) is 3.96. The summed E-state index contributed by atoms with van der Waals surface area (Å²) in [5, 5.41) is 23.1. The van der Waals surface area contributed by atoms with Gasteiger partial charge in [-0.3, -0.25) is 0 Å². The van der Waals surface area contributed by atoms with E-state index in [0.29, 0.717) is 24.6 Å². The highest BCUT2D eigenvalue weighted by atomic mass is 32.2. The quantitative estimate of drug-likeness (QED) is 0.497. The number of aliphatic hydroxyl groups excluding tert-OH is 1. The maximum Gasteiger partial charge on any atom is 0.238 e. The lowest BCUT2D eigenvalue weighted by Crippen LogP contribution is -2.41. The van der Waals surface area contributed by atoms with Crippen molar-refractivity contribution in [1.29, 1.82) is 0 Å². The lowest BCUT2D eigenvalue weighted by Gasteiger charge is -2.28. The third kappa shape index (κ3) is 5.21. The van der Waals surface area contributed by atoms with E-state index in [4.69, 9.17) is 5.14 Å². The first-order chi connectivity index (χ1) is 15.3. The molecule has 1 heterocycles. The van der Waals surface area contributed by atoms with Crippen molar-refractivity contribution in [3.8, 4) is 5.69 Å². The van der Waals surface area contributed by atoms with Gasteiger partial charge in [0.1, 0.15) is 17.3 Å². The molecule has 1 aliphatic carbocycles. The van der Waals surface area contributed by atoms with E-state index in [1.54, 1.807) is 0 Å². The van der Waals surface area contributed by atoms with Crippen LogP contribution in [0.15, 0.2) is 53.4 Å². The minimum Gasteiger partial charge on any atom is -0.392 e. The van der Waals surface area contributed by atoms with E-state index in [1.165, 1.54) is 16.8 Å². The molecule has 8 nitrogen and oxygen atoms in total. The Morgan fingerprint density at radius 3 is 2.59 bits per heavy atom. The zero-order valence-electron chi connectivity index (χ0n) is 17.5. The average molecular weight is 460 g/mol. The first-order valence-corrected chi connectivity index (χ1v) is 12.1. The number of primary sulfonamides is 1. The molecule has 0 spiro atoms. The molecule has 0 aliphatic heterocycles. The van der Waals surface area contributed by atoms with Gasteiger partial charge in [0.2, 0.25) is 10.0 Å². The molecule has 0 radical (unpaired) electrons. The molecule has 0 saturated heterocycles. The highest BCUT2D eigenvalue weighted by Gasteiger charge is 2.23. The predicted molar refractivity (Wildman–Crippen MR) is 117 cm³/mol. The Morgan fingerprint density at radius 1 is 1.16 bits per heavy atom. The second-order valence-electron chi connectivity index (χ2n) is 8.02. The van der Waals surface area contributed by atoms with Gasteiger partial charge in [-0.2, -0.15) is 0 Å². The molecule has 1 aliphatic rings. The van der Waals surface area contributed by atoms with Crippen LogP contribution in [0.2, 0.25) is 0 Å². The predicted octanol–water partition coefficient (Wildman–Crippen LogP) is 2.04. The number of halogens is 1. The lowest BCUT2D eigenvalue weighted by atomic mass is 9.93. The lowest BCUT2D eigenvalue weighted by molar-refractivity contribution is 0.0899.